The number of fused-ring (bicyclic) bond motifs is 1. The summed E-state index contributed by atoms with van der Waals surface area (Å²) in [6, 6.07) is 3.80. The maximum Gasteiger partial charge on any atom is 0.249 e. The average molecular weight is 315 g/mol. The van der Waals surface area contributed by atoms with E-state index in [4.69, 9.17) is 4.74 Å². The molecule has 6 heteroatoms. The topological polar surface area (TPSA) is 62.7 Å². The quantitative estimate of drug-likeness (QED) is 0.825. The van der Waals surface area contributed by atoms with E-state index in [0.717, 1.165) is 5.56 Å². The highest BCUT2D eigenvalue weighted by molar-refractivity contribution is 5.80. The highest BCUT2D eigenvalue weighted by Crippen LogP contribution is 2.34. The number of carbonyl (C=O) groups is 2. The lowest BCUT2D eigenvalue weighted by molar-refractivity contribution is -0.153. The maximum atomic E-state index is 12.3. The van der Waals surface area contributed by atoms with Gasteiger partial charge in [0.25, 0.3) is 0 Å². The lowest BCUT2D eigenvalue weighted by atomic mass is 10.1. The molecular weight excluding hydrogens is 294 g/mol. The second kappa shape index (κ2) is 5.92. The largest absolute Gasteiger partial charge is 0.364 e. The van der Waals surface area contributed by atoms with Gasteiger partial charge in [-0.05, 0) is 36.5 Å². The Morgan fingerprint density at radius 2 is 2.04 bits per heavy atom. The molecule has 0 spiro atoms. The fourth-order valence-corrected chi connectivity index (χ4v) is 3.46. The first-order chi connectivity index (χ1) is 11.2. The normalized spacial score (nSPS) is 27.2. The van der Waals surface area contributed by atoms with Gasteiger partial charge in [-0.2, -0.15) is 0 Å². The minimum absolute atomic E-state index is 0.000413. The second-order valence-corrected chi connectivity index (χ2v) is 6.74. The van der Waals surface area contributed by atoms with Crippen molar-refractivity contribution < 1.29 is 14.3 Å². The Bertz CT molecular complexity index is 602. The Morgan fingerprint density at radius 1 is 1.26 bits per heavy atom. The number of carbonyl (C=O) groups excluding carboxylic acids is 2. The zero-order valence-electron chi connectivity index (χ0n) is 13.1. The highest BCUT2D eigenvalue weighted by atomic mass is 16.5. The number of amides is 2. The molecule has 122 valence electrons. The van der Waals surface area contributed by atoms with Crippen LogP contribution in [0.5, 0.6) is 0 Å². The van der Waals surface area contributed by atoms with Crippen LogP contribution in [-0.4, -0.2) is 58.4 Å². The van der Waals surface area contributed by atoms with Crippen molar-refractivity contribution in [2.75, 3.05) is 19.7 Å². The molecule has 3 heterocycles. The van der Waals surface area contributed by atoms with Crippen LogP contribution in [0.1, 0.15) is 24.8 Å². The summed E-state index contributed by atoms with van der Waals surface area (Å²) in [4.78, 5) is 32.4. The van der Waals surface area contributed by atoms with Gasteiger partial charge in [0.1, 0.15) is 6.61 Å². The fraction of sp³-hybridized carbons (Fsp3) is 0.588. The third-order valence-electron chi connectivity index (χ3n) is 4.99. The molecule has 0 N–H and O–H groups in total. The van der Waals surface area contributed by atoms with Gasteiger partial charge in [-0.15, -0.1) is 0 Å². The predicted molar refractivity (Wildman–Crippen MR) is 82.2 cm³/mol. The van der Waals surface area contributed by atoms with Crippen LogP contribution in [0.2, 0.25) is 0 Å². The summed E-state index contributed by atoms with van der Waals surface area (Å²) in [5.74, 6) is 0.793. The van der Waals surface area contributed by atoms with Gasteiger partial charge in [-0.25, -0.2) is 0 Å². The van der Waals surface area contributed by atoms with Crippen molar-refractivity contribution in [3.05, 3.63) is 30.1 Å². The van der Waals surface area contributed by atoms with Gasteiger partial charge in [0, 0.05) is 38.4 Å². The SMILES string of the molecule is O=C(CC1CC1)N1C[C@@H]2[C@@H](C1)OCC(=O)N2Cc1ccncc1. The van der Waals surface area contributed by atoms with E-state index in [1.165, 1.54) is 12.8 Å². The molecule has 2 aliphatic heterocycles. The molecule has 1 aliphatic carbocycles. The Balaban J connectivity index is 1.46. The number of ether oxygens (including phenoxy) is 1. The average Bonchev–Trinajstić information content (AvgIpc) is 3.26. The number of hydrogen-bond donors (Lipinski definition) is 0. The van der Waals surface area contributed by atoms with Crippen LogP contribution in [0.4, 0.5) is 0 Å². The van der Waals surface area contributed by atoms with Crippen molar-refractivity contribution in [2.45, 2.75) is 38.0 Å². The van der Waals surface area contributed by atoms with E-state index < -0.39 is 0 Å². The van der Waals surface area contributed by atoms with Crippen molar-refractivity contribution in [3.63, 3.8) is 0 Å². The summed E-state index contributed by atoms with van der Waals surface area (Å²) in [6.07, 6.45) is 6.41. The number of pyridine rings is 1. The third-order valence-corrected chi connectivity index (χ3v) is 4.99. The van der Waals surface area contributed by atoms with Gasteiger partial charge < -0.3 is 14.5 Å². The predicted octanol–water partition coefficient (Wildman–Crippen LogP) is 0.820. The minimum Gasteiger partial charge on any atom is -0.364 e. The summed E-state index contributed by atoms with van der Waals surface area (Å²) in [7, 11) is 0. The summed E-state index contributed by atoms with van der Waals surface area (Å²) in [5, 5.41) is 0. The van der Waals surface area contributed by atoms with E-state index >= 15 is 0 Å². The van der Waals surface area contributed by atoms with Crippen LogP contribution in [0, 0.1) is 5.92 Å². The molecule has 0 radical (unpaired) electrons. The van der Waals surface area contributed by atoms with Crippen molar-refractivity contribution in [2.24, 2.45) is 5.92 Å². The molecular formula is C17H21N3O3. The first-order valence-electron chi connectivity index (χ1n) is 8.28. The van der Waals surface area contributed by atoms with Crippen LogP contribution in [0.25, 0.3) is 0 Å². The Labute approximate surface area is 135 Å². The third kappa shape index (κ3) is 3.08. The van der Waals surface area contributed by atoms with Gasteiger partial charge in [-0.3, -0.25) is 14.6 Å². The minimum atomic E-state index is -0.0577. The van der Waals surface area contributed by atoms with Crippen LogP contribution in [0.15, 0.2) is 24.5 Å². The molecule has 2 amide bonds. The van der Waals surface area contributed by atoms with E-state index in [1.807, 2.05) is 21.9 Å². The van der Waals surface area contributed by atoms with Gasteiger partial charge in [0.05, 0.1) is 12.1 Å². The molecule has 23 heavy (non-hydrogen) atoms. The molecule has 3 fully saturated rings. The van der Waals surface area contributed by atoms with Crippen molar-refractivity contribution in [3.8, 4) is 0 Å². The molecule has 1 aromatic heterocycles. The van der Waals surface area contributed by atoms with Crippen molar-refractivity contribution in [1.82, 2.24) is 14.8 Å². The first kappa shape index (κ1) is 14.6. The van der Waals surface area contributed by atoms with E-state index in [2.05, 4.69) is 4.98 Å². The lowest BCUT2D eigenvalue weighted by Gasteiger charge is -2.36. The number of morpholine rings is 1. The van der Waals surface area contributed by atoms with Gasteiger partial charge in [-0.1, -0.05) is 0 Å². The molecule has 2 atom stereocenters. The molecule has 0 bridgehead atoms. The van der Waals surface area contributed by atoms with E-state index in [9.17, 15) is 9.59 Å². The molecule has 0 aromatic carbocycles. The van der Waals surface area contributed by atoms with Crippen LogP contribution in [-0.2, 0) is 20.9 Å². The number of rotatable bonds is 4. The van der Waals surface area contributed by atoms with Gasteiger partial charge in [0.15, 0.2) is 0 Å². The molecule has 0 unspecified atom stereocenters. The molecule has 4 rings (SSSR count). The number of aromatic nitrogens is 1. The van der Waals surface area contributed by atoms with E-state index in [-0.39, 0.29) is 30.6 Å². The lowest BCUT2D eigenvalue weighted by Crippen LogP contribution is -2.53. The zero-order valence-corrected chi connectivity index (χ0v) is 13.1. The summed E-state index contributed by atoms with van der Waals surface area (Å²) in [5.41, 5.74) is 1.05. The molecule has 1 saturated carbocycles. The Hall–Kier alpha value is -1.95. The molecule has 1 aromatic rings. The van der Waals surface area contributed by atoms with Crippen LogP contribution >= 0.6 is 0 Å². The number of likely N-dealkylation sites (tertiary alicyclic amines) is 1. The van der Waals surface area contributed by atoms with Crippen LogP contribution < -0.4 is 0 Å². The second-order valence-electron chi connectivity index (χ2n) is 6.74. The van der Waals surface area contributed by atoms with Crippen molar-refractivity contribution >= 4 is 11.8 Å². The summed E-state index contributed by atoms with van der Waals surface area (Å²) >= 11 is 0. The standard InChI is InChI=1S/C17H21N3O3/c21-16(7-12-1-2-12)19-9-14-15(10-19)23-11-17(22)20(14)8-13-3-5-18-6-4-13/h3-6,12,14-15H,1-2,7-11H2/t14-,15-/m1/s1. The highest BCUT2D eigenvalue weighted by Gasteiger charge is 2.44. The molecule has 6 nitrogen and oxygen atoms in total. The fourth-order valence-electron chi connectivity index (χ4n) is 3.46. The van der Waals surface area contributed by atoms with Gasteiger partial charge in [0.2, 0.25) is 11.8 Å². The van der Waals surface area contributed by atoms with Crippen molar-refractivity contribution in [1.29, 1.82) is 0 Å². The van der Waals surface area contributed by atoms with E-state index in [0.29, 0.717) is 32.0 Å². The van der Waals surface area contributed by atoms with Crippen LogP contribution in [0.3, 0.4) is 0 Å². The van der Waals surface area contributed by atoms with E-state index in [1.54, 1.807) is 12.4 Å². The Kier molecular flexibility index (Phi) is 3.77. The van der Waals surface area contributed by atoms with Gasteiger partial charge >= 0.3 is 0 Å². The number of nitrogens with zero attached hydrogens (tertiary/aromatic N) is 3. The maximum absolute atomic E-state index is 12.3. The summed E-state index contributed by atoms with van der Waals surface area (Å²) in [6.45, 7) is 1.86. The molecule has 2 saturated heterocycles. The first-order valence-corrected chi connectivity index (χ1v) is 8.28. The molecule has 3 aliphatic rings. The number of hydrogen-bond acceptors (Lipinski definition) is 4. The smallest absolute Gasteiger partial charge is 0.249 e. The Morgan fingerprint density at radius 3 is 2.78 bits per heavy atom. The zero-order chi connectivity index (χ0) is 15.8. The summed E-state index contributed by atoms with van der Waals surface area (Å²) < 4.78 is 5.69. The monoisotopic (exact) mass is 315 g/mol.